The van der Waals surface area contributed by atoms with Crippen molar-refractivity contribution in [1.82, 2.24) is 0 Å². The van der Waals surface area contributed by atoms with E-state index in [-0.39, 0.29) is 5.82 Å². The molecule has 0 aliphatic carbocycles. The van der Waals surface area contributed by atoms with Crippen LogP contribution < -0.4 is 5.73 Å². The molecule has 5 heteroatoms. The van der Waals surface area contributed by atoms with E-state index < -0.39 is 12.0 Å². The minimum atomic E-state index is -0.979. The van der Waals surface area contributed by atoms with Gasteiger partial charge in [0.2, 0.25) is 0 Å². The van der Waals surface area contributed by atoms with Crippen LogP contribution in [-0.2, 0) is 10.5 Å². The number of carboxylic acid groups (broad SMARTS) is 1. The fourth-order valence-corrected chi connectivity index (χ4v) is 2.41. The fourth-order valence-electron chi connectivity index (χ4n) is 1.31. The summed E-state index contributed by atoms with van der Waals surface area (Å²) in [4.78, 5) is 10.5. The second kappa shape index (κ2) is 6.61. The Kier molecular flexibility index (Phi) is 5.44. The third kappa shape index (κ3) is 4.75. The average Bonchev–Trinajstić information content (AvgIpc) is 2.28. The van der Waals surface area contributed by atoms with Crippen LogP contribution in [0.1, 0.15) is 17.5 Å². The van der Waals surface area contributed by atoms with Crippen molar-refractivity contribution in [3.05, 3.63) is 35.1 Å². The van der Waals surface area contributed by atoms with Crippen molar-refractivity contribution in [2.75, 3.05) is 5.75 Å². The zero-order valence-electron chi connectivity index (χ0n) is 9.65. The lowest BCUT2D eigenvalue weighted by Crippen LogP contribution is -2.30. The molecule has 0 saturated carbocycles. The zero-order valence-corrected chi connectivity index (χ0v) is 10.5. The number of benzene rings is 1. The topological polar surface area (TPSA) is 63.3 Å². The normalized spacial score (nSPS) is 12.4. The van der Waals surface area contributed by atoms with E-state index in [0.29, 0.717) is 17.9 Å². The molecule has 0 bridgehead atoms. The van der Waals surface area contributed by atoms with E-state index in [1.807, 2.05) is 6.92 Å². The highest BCUT2D eigenvalue weighted by Gasteiger charge is 2.10. The molecule has 1 unspecified atom stereocenters. The predicted octanol–water partition coefficient (Wildman–Crippen LogP) is 2.17. The number of nitrogens with two attached hydrogens (primary N) is 1. The van der Waals surface area contributed by atoms with Gasteiger partial charge in [-0.25, -0.2) is 4.39 Å². The van der Waals surface area contributed by atoms with Crippen LogP contribution in [0.25, 0.3) is 0 Å². The van der Waals surface area contributed by atoms with Crippen molar-refractivity contribution >= 4 is 17.7 Å². The number of hydrogen-bond donors (Lipinski definition) is 2. The summed E-state index contributed by atoms with van der Waals surface area (Å²) < 4.78 is 13.0. The summed E-state index contributed by atoms with van der Waals surface area (Å²) in [7, 11) is 0. The van der Waals surface area contributed by atoms with E-state index in [1.165, 1.54) is 12.1 Å². The van der Waals surface area contributed by atoms with Crippen LogP contribution >= 0.6 is 11.8 Å². The molecule has 3 N–H and O–H groups in total. The molecular formula is C12H16FNO2S. The molecule has 0 aromatic heterocycles. The highest BCUT2D eigenvalue weighted by atomic mass is 32.2. The molecule has 0 saturated heterocycles. The summed E-state index contributed by atoms with van der Waals surface area (Å²) in [6.07, 6.45) is 0.425. The molecule has 1 rings (SSSR count). The van der Waals surface area contributed by atoms with Crippen molar-refractivity contribution < 1.29 is 14.3 Å². The minimum absolute atomic E-state index is 0.242. The number of thioether (sulfide) groups is 1. The van der Waals surface area contributed by atoms with Gasteiger partial charge in [0.05, 0.1) is 0 Å². The number of aliphatic carboxylic acids is 1. The van der Waals surface area contributed by atoms with Crippen molar-refractivity contribution in [3.8, 4) is 0 Å². The highest BCUT2D eigenvalue weighted by molar-refractivity contribution is 7.98. The first-order chi connectivity index (χ1) is 8.00. The molecule has 17 heavy (non-hydrogen) atoms. The van der Waals surface area contributed by atoms with Crippen LogP contribution in [-0.4, -0.2) is 22.9 Å². The molecule has 0 aliphatic rings. The first-order valence-electron chi connectivity index (χ1n) is 5.32. The Bertz CT molecular complexity index is 398. The smallest absolute Gasteiger partial charge is 0.320 e. The Morgan fingerprint density at radius 2 is 2.29 bits per heavy atom. The number of aryl methyl sites for hydroxylation is 1. The Morgan fingerprint density at radius 3 is 2.94 bits per heavy atom. The first-order valence-corrected chi connectivity index (χ1v) is 6.47. The van der Waals surface area contributed by atoms with Crippen molar-refractivity contribution in [2.24, 2.45) is 5.73 Å². The highest BCUT2D eigenvalue weighted by Crippen LogP contribution is 2.18. The van der Waals surface area contributed by atoms with E-state index in [2.05, 4.69) is 0 Å². The van der Waals surface area contributed by atoms with Gasteiger partial charge in [-0.05, 0) is 42.4 Å². The summed E-state index contributed by atoms with van der Waals surface area (Å²) in [5.41, 5.74) is 7.36. The zero-order chi connectivity index (χ0) is 12.8. The van der Waals surface area contributed by atoms with Crippen molar-refractivity contribution in [1.29, 1.82) is 0 Å². The molecular weight excluding hydrogens is 241 g/mol. The Balaban J connectivity index is 2.36. The monoisotopic (exact) mass is 257 g/mol. The van der Waals surface area contributed by atoms with Crippen LogP contribution in [0.4, 0.5) is 4.39 Å². The van der Waals surface area contributed by atoms with Gasteiger partial charge >= 0.3 is 5.97 Å². The molecule has 1 atom stereocenters. The second-order valence-electron chi connectivity index (χ2n) is 3.86. The third-order valence-electron chi connectivity index (χ3n) is 2.46. The SMILES string of the molecule is Cc1ccc(F)cc1CSCCC(N)C(=O)O. The van der Waals surface area contributed by atoms with Gasteiger partial charge in [-0.1, -0.05) is 6.07 Å². The van der Waals surface area contributed by atoms with Gasteiger partial charge in [-0.3, -0.25) is 4.79 Å². The van der Waals surface area contributed by atoms with E-state index >= 15 is 0 Å². The Hall–Kier alpha value is -1.07. The van der Waals surface area contributed by atoms with E-state index in [1.54, 1.807) is 17.8 Å². The van der Waals surface area contributed by atoms with Crippen LogP contribution in [0.3, 0.4) is 0 Å². The van der Waals surface area contributed by atoms with Gasteiger partial charge in [-0.2, -0.15) is 11.8 Å². The number of hydrogen-bond acceptors (Lipinski definition) is 3. The van der Waals surface area contributed by atoms with Gasteiger partial charge in [0.25, 0.3) is 0 Å². The molecule has 3 nitrogen and oxygen atoms in total. The summed E-state index contributed by atoms with van der Waals surface area (Å²) in [5.74, 6) is 0.111. The Labute approximate surface area is 104 Å². The van der Waals surface area contributed by atoms with E-state index in [4.69, 9.17) is 10.8 Å². The van der Waals surface area contributed by atoms with E-state index in [0.717, 1.165) is 11.1 Å². The summed E-state index contributed by atoms with van der Waals surface area (Å²) >= 11 is 1.56. The fraction of sp³-hybridized carbons (Fsp3) is 0.417. The Morgan fingerprint density at radius 1 is 1.59 bits per heavy atom. The van der Waals surface area contributed by atoms with E-state index in [9.17, 15) is 9.18 Å². The second-order valence-corrected chi connectivity index (χ2v) is 4.96. The largest absolute Gasteiger partial charge is 0.480 e. The molecule has 1 aromatic carbocycles. The molecule has 0 aliphatic heterocycles. The predicted molar refractivity (Wildman–Crippen MR) is 67.5 cm³/mol. The molecule has 0 radical (unpaired) electrons. The van der Waals surface area contributed by atoms with Gasteiger partial charge in [0.15, 0.2) is 0 Å². The van der Waals surface area contributed by atoms with Crippen LogP contribution in [0.5, 0.6) is 0 Å². The number of halogens is 1. The lowest BCUT2D eigenvalue weighted by Gasteiger charge is -2.07. The van der Waals surface area contributed by atoms with Gasteiger partial charge in [0.1, 0.15) is 11.9 Å². The summed E-state index contributed by atoms with van der Waals surface area (Å²) in [6.45, 7) is 1.93. The molecule has 0 amide bonds. The standard InChI is InChI=1S/C12H16FNO2S/c1-8-2-3-10(13)6-9(8)7-17-5-4-11(14)12(15)16/h2-3,6,11H,4-5,7,14H2,1H3,(H,15,16). The third-order valence-corrected chi connectivity index (χ3v) is 3.50. The maximum absolute atomic E-state index is 13.0. The quantitative estimate of drug-likeness (QED) is 0.767. The molecule has 1 aromatic rings. The van der Waals surface area contributed by atoms with Gasteiger partial charge in [-0.15, -0.1) is 0 Å². The summed E-state index contributed by atoms with van der Waals surface area (Å²) in [6, 6.07) is 3.88. The summed E-state index contributed by atoms with van der Waals surface area (Å²) in [5, 5.41) is 8.60. The lowest BCUT2D eigenvalue weighted by molar-refractivity contribution is -0.138. The number of carbonyl (C=O) groups is 1. The lowest BCUT2D eigenvalue weighted by atomic mass is 10.1. The van der Waals surface area contributed by atoms with Crippen LogP contribution in [0, 0.1) is 12.7 Å². The average molecular weight is 257 g/mol. The number of carboxylic acids is 1. The minimum Gasteiger partial charge on any atom is -0.480 e. The molecule has 0 heterocycles. The molecule has 0 spiro atoms. The number of rotatable bonds is 6. The van der Waals surface area contributed by atoms with Crippen molar-refractivity contribution in [2.45, 2.75) is 25.1 Å². The van der Waals surface area contributed by atoms with Gasteiger partial charge in [0, 0.05) is 5.75 Å². The molecule has 94 valence electrons. The van der Waals surface area contributed by atoms with Crippen LogP contribution in [0.2, 0.25) is 0 Å². The van der Waals surface area contributed by atoms with Gasteiger partial charge < -0.3 is 10.8 Å². The maximum Gasteiger partial charge on any atom is 0.320 e. The molecule has 0 fully saturated rings. The maximum atomic E-state index is 13.0. The first kappa shape index (κ1) is 14.0. The van der Waals surface area contributed by atoms with Crippen molar-refractivity contribution in [3.63, 3.8) is 0 Å². The van der Waals surface area contributed by atoms with Crippen LogP contribution in [0.15, 0.2) is 18.2 Å².